The van der Waals surface area contributed by atoms with Gasteiger partial charge in [-0.15, -0.1) is 0 Å². The number of hydrogen-bond donors (Lipinski definition) is 2. The summed E-state index contributed by atoms with van der Waals surface area (Å²) in [6.45, 7) is 5.49. The highest BCUT2D eigenvalue weighted by atomic mass is 16.5. The summed E-state index contributed by atoms with van der Waals surface area (Å²) in [5, 5.41) is 22.7. The van der Waals surface area contributed by atoms with E-state index in [1.165, 1.54) is 0 Å². The van der Waals surface area contributed by atoms with Crippen molar-refractivity contribution in [3.8, 4) is 23.2 Å². The molecule has 188 valence electrons. The molecule has 2 fully saturated rings. The topological polar surface area (TPSA) is 105 Å². The molecule has 3 heterocycles. The van der Waals surface area contributed by atoms with Gasteiger partial charge in [0, 0.05) is 55.0 Å². The number of carboxylic acids is 1. The molecule has 0 unspecified atom stereocenters. The third-order valence-electron chi connectivity index (χ3n) is 7.20. The van der Waals surface area contributed by atoms with Gasteiger partial charge >= 0.3 is 5.97 Å². The quantitative estimate of drug-likeness (QED) is 0.330. The van der Waals surface area contributed by atoms with Crippen molar-refractivity contribution in [2.75, 3.05) is 19.6 Å². The van der Waals surface area contributed by atoms with E-state index in [1.54, 1.807) is 13.1 Å². The van der Waals surface area contributed by atoms with Gasteiger partial charge in [0.05, 0.1) is 6.54 Å². The molecule has 2 aliphatic rings. The number of carboxylic acid groups (broad SMARTS) is 1. The number of nitrogens with zero attached hydrogens (tertiary/aromatic N) is 4. The fourth-order valence-electron chi connectivity index (χ4n) is 5.20. The van der Waals surface area contributed by atoms with Gasteiger partial charge in [-0.3, -0.25) is 4.79 Å². The zero-order valence-corrected chi connectivity index (χ0v) is 20.5. The number of carbonyl (C=O) groups is 1. The van der Waals surface area contributed by atoms with E-state index in [4.69, 9.17) is 9.63 Å². The Hall–Kier alpha value is -3.41. The maximum absolute atomic E-state index is 10.6. The van der Waals surface area contributed by atoms with E-state index in [0.717, 1.165) is 55.7 Å². The summed E-state index contributed by atoms with van der Waals surface area (Å²) >= 11 is 0. The van der Waals surface area contributed by atoms with Gasteiger partial charge in [0.2, 0.25) is 0 Å². The molecule has 0 bridgehead atoms. The number of unbranched alkanes of at least 4 members (excludes halogenated alkanes) is 2. The molecule has 5 rings (SSSR count). The largest absolute Gasteiger partial charge is 0.481 e. The number of aliphatic hydroxyl groups is 1. The summed E-state index contributed by atoms with van der Waals surface area (Å²) in [6.07, 6.45) is 5.96. The van der Waals surface area contributed by atoms with E-state index in [-0.39, 0.29) is 6.42 Å². The maximum atomic E-state index is 10.6. The number of benzene rings is 1. The number of imidazole rings is 1. The molecule has 1 aliphatic heterocycles. The SMILES string of the molecule is C[C@H](O)c1nccn1Cc1cc(-c2ccc(C#C[C@H]3[C@H]4CN(CCCCCC(=O)O)C[C@@H]34)cc2)on1. The predicted octanol–water partition coefficient (Wildman–Crippen LogP) is 3.81. The Morgan fingerprint density at radius 2 is 1.97 bits per heavy atom. The summed E-state index contributed by atoms with van der Waals surface area (Å²) in [5.41, 5.74) is 2.71. The number of likely N-dealkylation sites (tertiary alicyclic amines) is 1. The zero-order chi connectivity index (χ0) is 25.1. The van der Waals surface area contributed by atoms with Crippen molar-refractivity contribution < 1.29 is 19.5 Å². The second-order valence-corrected chi connectivity index (χ2v) is 9.94. The Bertz CT molecular complexity index is 1240. The highest BCUT2D eigenvalue weighted by Crippen LogP contribution is 2.51. The molecule has 0 spiro atoms. The van der Waals surface area contributed by atoms with Gasteiger partial charge in [-0.2, -0.15) is 0 Å². The van der Waals surface area contributed by atoms with Gasteiger partial charge in [-0.05, 0) is 62.4 Å². The van der Waals surface area contributed by atoms with Crippen LogP contribution in [0.25, 0.3) is 11.3 Å². The van der Waals surface area contributed by atoms with Crippen molar-refractivity contribution in [1.82, 2.24) is 19.6 Å². The van der Waals surface area contributed by atoms with Crippen LogP contribution in [0.5, 0.6) is 0 Å². The van der Waals surface area contributed by atoms with Crippen molar-refractivity contribution in [1.29, 1.82) is 0 Å². The number of aromatic nitrogens is 3. The summed E-state index contributed by atoms with van der Waals surface area (Å²) < 4.78 is 7.41. The summed E-state index contributed by atoms with van der Waals surface area (Å²) in [5.74, 6) is 9.30. The Labute approximate surface area is 210 Å². The zero-order valence-electron chi connectivity index (χ0n) is 20.5. The van der Waals surface area contributed by atoms with Crippen molar-refractivity contribution in [2.45, 2.75) is 45.3 Å². The molecular weight excluding hydrogens is 456 g/mol. The number of piperidine rings is 1. The van der Waals surface area contributed by atoms with Crippen molar-refractivity contribution in [3.05, 3.63) is 59.8 Å². The average Bonchev–Trinajstić information content (AvgIpc) is 3.33. The van der Waals surface area contributed by atoms with Crippen LogP contribution in [-0.2, 0) is 11.3 Å². The number of rotatable bonds is 10. The first-order valence-corrected chi connectivity index (χ1v) is 12.7. The molecule has 0 amide bonds. The number of fused-ring (bicyclic) bond motifs is 1. The van der Waals surface area contributed by atoms with Gasteiger partial charge in [0.15, 0.2) is 5.76 Å². The number of aliphatic carboxylic acids is 1. The van der Waals surface area contributed by atoms with Crippen LogP contribution in [0.1, 0.15) is 55.8 Å². The van der Waals surface area contributed by atoms with Crippen LogP contribution in [0.15, 0.2) is 47.2 Å². The molecule has 1 saturated carbocycles. The highest BCUT2D eigenvalue weighted by molar-refractivity contribution is 5.66. The maximum Gasteiger partial charge on any atom is 0.303 e. The lowest BCUT2D eigenvalue weighted by Gasteiger charge is -2.17. The smallest absolute Gasteiger partial charge is 0.303 e. The summed E-state index contributed by atoms with van der Waals surface area (Å²) in [4.78, 5) is 17.3. The van der Waals surface area contributed by atoms with E-state index >= 15 is 0 Å². The van der Waals surface area contributed by atoms with Gasteiger partial charge in [-0.25, -0.2) is 4.98 Å². The number of hydrogen-bond acceptors (Lipinski definition) is 6. The Morgan fingerprint density at radius 3 is 2.69 bits per heavy atom. The molecule has 8 heteroatoms. The minimum atomic E-state index is -0.699. The van der Waals surface area contributed by atoms with Crippen LogP contribution in [0.2, 0.25) is 0 Å². The van der Waals surface area contributed by atoms with Gasteiger partial charge in [0.25, 0.3) is 0 Å². The first-order chi connectivity index (χ1) is 17.5. The van der Waals surface area contributed by atoms with E-state index in [2.05, 4.69) is 26.9 Å². The van der Waals surface area contributed by atoms with Crippen LogP contribution in [-0.4, -0.2) is 55.4 Å². The standard InChI is InChI=1S/C28H32N4O4/c1-19(33)28-29-12-14-32(28)16-22-15-26(36-30-22)21-9-6-20(7-10-21)8-11-23-24-17-31(18-25(23)24)13-4-2-3-5-27(34)35/h6-7,9-10,12,14-15,19,23-25,33H,2-5,13,16-18H2,1H3,(H,34,35)/t19-,23-,24+,25-/m0/s1. The van der Waals surface area contributed by atoms with Crippen LogP contribution in [0, 0.1) is 29.6 Å². The summed E-state index contributed by atoms with van der Waals surface area (Å²) in [7, 11) is 0. The van der Waals surface area contributed by atoms with Crippen LogP contribution >= 0.6 is 0 Å². The second-order valence-electron chi connectivity index (χ2n) is 9.94. The lowest BCUT2D eigenvalue weighted by Crippen LogP contribution is -2.25. The number of aliphatic hydroxyl groups excluding tert-OH is 1. The van der Waals surface area contributed by atoms with E-state index in [0.29, 0.717) is 35.9 Å². The van der Waals surface area contributed by atoms with Crippen LogP contribution < -0.4 is 0 Å². The highest BCUT2D eigenvalue weighted by Gasteiger charge is 2.54. The van der Waals surface area contributed by atoms with Crippen molar-refractivity contribution in [3.63, 3.8) is 0 Å². The molecule has 8 nitrogen and oxygen atoms in total. The molecule has 2 N–H and O–H groups in total. The molecule has 3 aromatic rings. The van der Waals surface area contributed by atoms with Crippen LogP contribution in [0.3, 0.4) is 0 Å². The molecule has 1 saturated heterocycles. The van der Waals surface area contributed by atoms with E-state index in [9.17, 15) is 9.90 Å². The molecule has 36 heavy (non-hydrogen) atoms. The van der Waals surface area contributed by atoms with E-state index < -0.39 is 12.1 Å². The fourth-order valence-corrected chi connectivity index (χ4v) is 5.20. The fraction of sp³-hybridized carbons (Fsp3) is 0.464. The predicted molar refractivity (Wildman–Crippen MR) is 134 cm³/mol. The minimum Gasteiger partial charge on any atom is -0.481 e. The molecule has 1 aliphatic carbocycles. The first-order valence-electron chi connectivity index (χ1n) is 12.7. The summed E-state index contributed by atoms with van der Waals surface area (Å²) in [6, 6.07) is 9.97. The lowest BCUT2D eigenvalue weighted by atomic mass is 10.1. The average molecular weight is 489 g/mol. The van der Waals surface area contributed by atoms with E-state index in [1.807, 2.05) is 41.1 Å². The van der Waals surface area contributed by atoms with Crippen molar-refractivity contribution >= 4 is 5.97 Å². The Kier molecular flexibility index (Phi) is 7.21. The van der Waals surface area contributed by atoms with Gasteiger partial charge in [0.1, 0.15) is 17.6 Å². The minimum absolute atomic E-state index is 0.279. The second kappa shape index (κ2) is 10.7. The van der Waals surface area contributed by atoms with Crippen LogP contribution in [0.4, 0.5) is 0 Å². The molecule has 1 aromatic carbocycles. The molecule has 2 aromatic heterocycles. The first kappa shape index (κ1) is 24.3. The van der Waals surface area contributed by atoms with Crippen molar-refractivity contribution in [2.24, 2.45) is 17.8 Å². The Morgan fingerprint density at radius 1 is 1.19 bits per heavy atom. The third kappa shape index (κ3) is 5.69. The normalized spacial score (nSPS) is 21.6. The monoisotopic (exact) mass is 488 g/mol. The molecule has 0 radical (unpaired) electrons. The van der Waals surface area contributed by atoms with Gasteiger partial charge < -0.3 is 24.2 Å². The Balaban J connectivity index is 1.09. The molecular formula is C28H32N4O4. The molecule has 4 atom stereocenters. The third-order valence-corrected chi connectivity index (χ3v) is 7.20. The van der Waals surface area contributed by atoms with Gasteiger partial charge in [-0.1, -0.05) is 23.4 Å². The lowest BCUT2D eigenvalue weighted by molar-refractivity contribution is -0.137.